The Kier molecular flexibility index (Phi) is 0.452. The van der Waals surface area contributed by atoms with Crippen molar-refractivity contribution in [1.82, 2.24) is 0 Å². The van der Waals surface area contributed by atoms with Gasteiger partial charge in [0.2, 0.25) is 0 Å². The smallest absolute Gasteiger partial charge is 0.0577 e. The normalized spacial score (nSPS) is 90.8. The second-order valence-electron chi connectivity index (χ2n) is 5.51. The molecule has 0 spiro atoms. The highest BCUT2D eigenvalue weighted by Crippen LogP contribution is 2.91. The minimum atomic E-state index is 0.125. The maximum atomic E-state index is 9.81. The van der Waals surface area contributed by atoms with Crippen LogP contribution in [0.2, 0.25) is 0 Å². The van der Waals surface area contributed by atoms with Crippen LogP contribution in [0, 0.1) is 47.3 Å². The zero-order valence-electron chi connectivity index (χ0n) is 6.35. The Morgan fingerprint density at radius 2 is 1.27 bits per heavy atom. The first-order chi connectivity index (χ1) is 5.39. The van der Waals surface area contributed by atoms with Crippen molar-refractivity contribution in [1.29, 1.82) is 0 Å². The molecule has 0 aromatic rings. The number of rotatable bonds is 0. The molecule has 0 aromatic carbocycles. The van der Waals surface area contributed by atoms with Gasteiger partial charge in [0.25, 0.3) is 0 Å². The summed E-state index contributed by atoms with van der Waals surface area (Å²) in [6.45, 7) is 0. The fourth-order valence-electron chi connectivity index (χ4n) is 5.74. The van der Waals surface area contributed by atoms with Crippen molar-refractivity contribution in [3.8, 4) is 0 Å². The van der Waals surface area contributed by atoms with Crippen molar-refractivity contribution in [2.75, 3.05) is 0 Å². The van der Waals surface area contributed by atoms with Gasteiger partial charge in [0, 0.05) is 0 Å². The number of fused-ring (bicyclic) bond motifs is 1. The van der Waals surface area contributed by atoms with Gasteiger partial charge >= 0.3 is 0 Å². The van der Waals surface area contributed by atoms with Gasteiger partial charge in [0.15, 0.2) is 0 Å². The second kappa shape index (κ2) is 1.02. The summed E-state index contributed by atoms with van der Waals surface area (Å²) in [6.07, 6.45) is 1.31. The minimum absolute atomic E-state index is 0.125. The Labute approximate surface area is 65.8 Å². The summed E-state index contributed by atoms with van der Waals surface area (Å²) in [4.78, 5) is 0. The Morgan fingerprint density at radius 1 is 0.727 bits per heavy atom. The molecule has 58 valence electrons. The van der Waals surface area contributed by atoms with E-state index < -0.39 is 0 Å². The van der Waals surface area contributed by atoms with E-state index >= 15 is 0 Å². The predicted octanol–water partition coefficient (Wildman–Crippen LogP) is 0.735. The zero-order valence-corrected chi connectivity index (χ0v) is 6.35. The molecule has 0 saturated heterocycles. The van der Waals surface area contributed by atoms with Crippen LogP contribution in [0.1, 0.15) is 6.42 Å². The topological polar surface area (TPSA) is 20.2 Å². The molecular weight excluding hydrogens is 136 g/mol. The SMILES string of the molecule is OC1CC2C3C4C1C1C2C1C34. The maximum Gasteiger partial charge on any atom is 0.0577 e. The number of aliphatic hydroxyl groups is 1. The van der Waals surface area contributed by atoms with Gasteiger partial charge in [0.05, 0.1) is 6.10 Å². The highest BCUT2D eigenvalue weighted by atomic mass is 16.3. The van der Waals surface area contributed by atoms with Gasteiger partial charge in [0.1, 0.15) is 0 Å². The molecule has 2 bridgehead atoms. The van der Waals surface area contributed by atoms with Gasteiger partial charge in [-0.15, -0.1) is 0 Å². The highest BCUT2D eigenvalue weighted by Gasteiger charge is 2.89. The highest BCUT2D eigenvalue weighted by molar-refractivity contribution is 5.35. The van der Waals surface area contributed by atoms with Crippen LogP contribution in [0.25, 0.3) is 0 Å². The standard InChI is InChI=1S/C10H12O/c11-3-1-2-4-7-6(3)8-5(2)10(8)9(4)7/h2-11H,1H2. The monoisotopic (exact) mass is 148 g/mol. The van der Waals surface area contributed by atoms with Crippen LogP contribution in [-0.2, 0) is 0 Å². The molecular formula is C10H12O. The summed E-state index contributed by atoms with van der Waals surface area (Å²) in [6, 6.07) is 0. The van der Waals surface area contributed by atoms with E-state index in [1.165, 1.54) is 6.42 Å². The van der Waals surface area contributed by atoms with Crippen LogP contribution in [0.5, 0.6) is 0 Å². The lowest BCUT2D eigenvalue weighted by atomic mass is 9.69. The van der Waals surface area contributed by atoms with Gasteiger partial charge < -0.3 is 5.11 Å². The third kappa shape index (κ3) is 0.274. The largest absolute Gasteiger partial charge is 0.393 e. The first kappa shape index (κ1) is 4.86. The van der Waals surface area contributed by atoms with E-state index in [0.29, 0.717) is 0 Å². The minimum Gasteiger partial charge on any atom is -0.393 e. The van der Waals surface area contributed by atoms with Crippen LogP contribution in [0.15, 0.2) is 0 Å². The molecule has 6 rings (SSSR count). The number of aliphatic hydroxyl groups excluding tert-OH is 1. The Balaban J connectivity index is 1.83. The molecule has 11 heavy (non-hydrogen) atoms. The molecule has 7 atom stereocenters. The van der Waals surface area contributed by atoms with Gasteiger partial charge in [-0.1, -0.05) is 0 Å². The zero-order chi connectivity index (χ0) is 6.90. The maximum absolute atomic E-state index is 9.81. The van der Waals surface area contributed by atoms with E-state index in [1.807, 2.05) is 0 Å². The number of hydrogen-bond acceptors (Lipinski definition) is 1. The third-order valence-corrected chi connectivity index (χ3v) is 5.66. The third-order valence-electron chi connectivity index (χ3n) is 5.66. The Hall–Kier alpha value is -0.0400. The van der Waals surface area contributed by atoms with Crippen LogP contribution in [-0.4, -0.2) is 11.2 Å². The molecule has 1 heteroatoms. The van der Waals surface area contributed by atoms with Crippen molar-refractivity contribution in [3.63, 3.8) is 0 Å². The fraction of sp³-hybridized carbons (Fsp3) is 1.00. The van der Waals surface area contributed by atoms with Crippen molar-refractivity contribution in [3.05, 3.63) is 0 Å². The summed E-state index contributed by atoms with van der Waals surface area (Å²) in [7, 11) is 0. The van der Waals surface area contributed by atoms with Crippen LogP contribution < -0.4 is 0 Å². The average Bonchev–Trinajstić information content (AvgIpc) is 2.78. The molecule has 0 aliphatic heterocycles. The van der Waals surface area contributed by atoms with Crippen LogP contribution in [0.4, 0.5) is 0 Å². The lowest BCUT2D eigenvalue weighted by molar-refractivity contribution is -0.0126. The molecule has 0 aromatic heterocycles. The van der Waals surface area contributed by atoms with E-state index in [-0.39, 0.29) is 6.10 Å². The fourth-order valence-corrected chi connectivity index (χ4v) is 5.74. The Morgan fingerprint density at radius 3 is 1.73 bits per heavy atom. The average molecular weight is 148 g/mol. The summed E-state index contributed by atoms with van der Waals surface area (Å²) in [5, 5.41) is 9.81. The number of hydrogen-bond donors (Lipinski definition) is 1. The van der Waals surface area contributed by atoms with Crippen molar-refractivity contribution >= 4 is 0 Å². The molecule has 0 heterocycles. The van der Waals surface area contributed by atoms with Crippen molar-refractivity contribution in [2.45, 2.75) is 12.5 Å². The summed E-state index contributed by atoms with van der Waals surface area (Å²) in [5.74, 6) is 8.39. The molecule has 1 nitrogen and oxygen atoms in total. The summed E-state index contributed by atoms with van der Waals surface area (Å²) < 4.78 is 0. The predicted molar refractivity (Wildman–Crippen MR) is 38.5 cm³/mol. The van der Waals surface area contributed by atoms with E-state index in [9.17, 15) is 5.11 Å². The molecule has 0 amide bonds. The first-order valence-electron chi connectivity index (χ1n) is 5.07. The Bertz CT molecular complexity index is 239. The molecule has 6 aliphatic rings. The lowest BCUT2D eigenvalue weighted by Crippen LogP contribution is -2.39. The molecule has 6 saturated carbocycles. The quantitative estimate of drug-likeness (QED) is 0.537. The molecule has 6 aliphatic carbocycles. The molecule has 0 radical (unpaired) electrons. The van der Waals surface area contributed by atoms with E-state index in [4.69, 9.17) is 0 Å². The van der Waals surface area contributed by atoms with Gasteiger partial charge in [-0.3, -0.25) is 0 Å². The van der Waals surface area contributed by atoms with Gasteiger partial charge in [-0.2, -0.15) is 0 Å². The van der Waals surface area contributed by atoms with Gasteiger partial charge in [-0.05, 0) is 53.8 Å². The van der Waals surface area contributed by atoms with E-state index in [0.717, 1.165) is 47.3 Å². The van der Waals surface area contributed by atoms with E-state index in [1.54, 1.807) is 0 Å². The molecule has 7 unspecified atom stereocenters. The van der Waals surface area contributed by atoms with Crippen molar-refractivity contribution < 1.29 is 5.11 Å². The van der Waals surface area contributed by atoms with Crippen molar-refractivity contribution in [2.24, 2.45) is 47.3 Å². The molecule has 6 fully saturated rings. The van der Waals surface area contributed by atoms with Crippen LogP contribution >= 0.6 is 0 Å². The van der Waals surface area contributed by atoms with E-state index in [2.05, 4.69) is 0 Å². The van der Waals surface area contributed by atoms with Crippen LogP contribution in [0.3, 0.4) is 0 Å². The second-order valence-corrected chi connectivity index (χ2v) is 5.51. The van der Waals surface area contributed by atoms with Gasteiger partial charge in [-0.25, -0.2) is 0 Å². The summed E-state index contributed by atoms with van der Waals surface area (Å²) in [5.41, 5.74) is 0. The molecule has 1 N–H and O–H groups in total. The first-order valence-corrected chi connectivity index (χ1v) is 5.07. The lowest BCUT2D eigenvalue weighted by Gasteiger charge is -2.38. The summed E-state index contributed by atoms with van der Waals surface area (Å²) >= 11 is 0.